The third kappa shape index (κ3) is 33.8. The van der Waals surface area contributed by atoms with Crippen molar-refractivity contribution in [1.29, 1.82) is 0 Å². The van der Waals surface area contributed by atoms with Crippen molar-refractivity contribution in [3.63, 3.8) is 0 Å². The molecule has 2 aliphatic rings. The summed E-state index contributed by atoms with van der Waals surface area (Å²) in [7, 11) is -5.28. The molecule has 0 amide bonds. The lowest BCUT2D eigenvalue weighted by Crippen LogP contribution is -2.67. The lowest BCUT2D eigenvalue weighted by Gasteiger charge is -2.48. The van der Waals surface area contributed by atoms with Crippen LogP contribution in [0.1, 0.15) is 249 Å². The molecule has 0 bridgehead atoms. The number of hydrogen-bond acceptors (Lipinski definition) is 20. The van der Waals surface area contributed by atoms with E-state index >= 15 is 0 Å². The smallest absolute Gasteiger partial charge is 0.397 e. The molecule has 0 radical (unpaired) electrons. The molecule has 2 fully saturated rings. The molecule has 0 aromatic heterocycles. The van der Waals surface area contributed by atoms with Gasteiger partial charge < -0.3 is 57.2 Å². The number of carbonyl (C=O) groups is 5. The zero-order valence-electron chi connectivity index (χ0n) is 67.8. The van der Waals surface area contributed by atoms with Crippen molar-refractivity contribution in [1.82, 2.24) is 0 Å². The first kappa shape index (κ1) is 92.2. The fourth-order valence-electron chi connectivity index (χ4n) is 14.3. The summed E-state index contributed by atoms with van der Waals surface area (Å²) >= 11 is 0. The van der Waals surface area contributed by atoms with Gasteiger partial charge in [0.1, 0.15) is 37.1 Å². The minimum Gasteiger partial charge on any atom is -0.459 e. The Balaban J connectivity index is 1.22. The summed E-state index contributed by atoms with van der Waals surface area (Å²) in [6.45, 7) is 21.8. The highest BCUT2D eigenvalue weighted by Gasteiger charge is 2.57. The van der Waals surface area contributed by atoms with Crippen molar-refractivity contribution in [3.05, 3.63) is 179 Å². The average molecular weight is 1580 g/mol. The van der Waals surface area contributed by atoms with Crippen LogP contribution in [0, 0.1) is 47.3 Å². The molecule has 17 atom stereocenters. The number of rotatable bonds is 52. The van der Waals surface area contributed by atoms with Gasteiger partial charge in [-0.2, -0.15) is 8.42 Å². The van der Waals surface area contributed by atoms with E-state index in [-0.39, 0.29) is 41.0 Å². The lowest BCUT2D eigenvalue weighted by molar-refractivity contribution is -0.357. The number of aliphatic hydroxyl groups excluding tert-OH is 1. The Morgan fingerprint density at radius 3 is 1.09 bits per heavy atom. The Bertz CT molecular complexity index is 3570. The molecule has 0 aliphatic carbocycles. The van der Waals surface area contributed by atoms with Crippen LogP contribution in [0.15, 0.2) is 152 Å². The Morgan fingerprint density at radius 1 is 0.375 bits per heavy atom. The van der Waals surface area contributed by atoms with Gasteiger partial charge in [-0.3, -0.25) is 4.55 Å². The maximum Gasteiger partial charge on any atom is 0.397 e. The van der Waals surface area contributed by atoms with E-state index in [1.54, 1.807) is 91.0 Å². The van der Waals surface area contributed by atoms with Crippen molar-refractivity contribution in [2.24, 2.45) is 47.3 Å². The summed E-state index contributed by atoms with van der Waals surface area (Å²) in [5, 5.41) is 12.2. The van der Waals surface area contributed by atoms with Gasteiger partial charge in [-0.25, -0.2) is 28.2 Å². The van der Waals surface area contributed by atoms with E-state index < -0.39 is 121 Å². The van der Waals surface area contributed by atoms with E-state index in [1.807, 2.05) is 0 Å². The molecule has 21 nitrogen and oxygen atoms in total. The fraction of sp³-hybridized carbons (Fsp3) is 0.611. The number of aliphatic hydroxyl groups is 1. The molecule has 7 rings (SSSR count). The lowest BCUT2D eigenvalue weighted by atomic mass is 9.91. The van der Waals surface area contributed by atoms with Gasteiger partial charge in [-0.05, 0) is 121 Å². The first-order chi connectivity index (χ1) is 53.8. The van der Waals surface area contributed by atoms with Crippen LogP contribution in [-0.2, 0) is 66.7 Å². The zero-order chi connectivity index (χ0) is 80.8. The number of ether oxygens (including phenoxy) is 11. The summed E-state index contributed by atoms with van der Waals surface area (Å²) < 4.78 is 111. The molecule has 2 heterocycles. The largest absolute Gasteiger partial charge is 0.459 e. The van der Waals surface area contributed by atoms with Gasteiger partial charge in [0.2, 0.25) is 0 Å². The Labute approximate surface area is 666 Å². The van der Waals surface area contributed by atoms with Crippen LogP contribution in [0.3, 0.4) is 0 Å². The highest BCUT2D eigenvalue weighted by Crippen LogP contribution is 2.37. The second kappa shape index (κ2) is 49.7. The summed E-state index contributed by atoms with van der Waals surface area (Å²) in [6, 6.07) is 39.0. The van der Waals surface area contributed by atoms with E-state index in [4.69, 9.17) is 56.3 Å². The van der Waals surface area contributed by atoms with Crippen molar-refractivity contribution in [3.8, 4) is 0 Å². The topological polar surface area (TPSA) is 271 Å². The summed E-state index contributed by atoms with van der Waals surface area (Å²) in [5.74, 6) is 0.0439. The van der Waals surface area contributed by atoms with Gasteiger partial charge in [-0.1, -0.05) is 276 Å². The zero-order valence-corrected chi connectivity index (χ0v) is 68.7. The third-order valence-corrected chi connectivity index (χ3v) is 21.7. The molecule has 11 unspecified atom stereocenters. The Hall–Kier alpha value is -6.96. The van der Waals surface area contributed by atoms with Crippen LogP contribution in [0.2, 0.25) is 0 Å². The van der Waals surface area contributed by atoms with E-state index in [9.17, 15) is 42.0 Å². The first-order valence-electron chi connectivity index (χ1n) is 41.1. The van der Waals surface area contributed by atoms with Gasteiger partial charge in [0.25, 0.3) is 0 Å². The molecule has 2 saturated heterocycles. The van der Waals surface area contributed by atoms with Crippen LogP contribution in [0.25, 0.3) is 0 Å². The van der Waals surface area contributed by atoms with Crippen LogP contribution in [-0.4, -0.2) is 155 Å². The summed E-state index contributed by atoms with van der Waals surface area (Å²) in [4.78, 5) is 72.7. The fourth-order valence-corrected chi connectivity index (χ4v) is 14.6. The predicted molar refractivity (Wildman–Crippen MR) is 429 cm³/mol. The summed E-state index contributed by atoms with van der Waals surface area (Å²) in [6.07, 6.45) is 3.19. The molecular weight excluding hydrogens is 1450 g/mol. The molecule has 620 valence electrons. The van der Waals surface area contributed by atoms with Gasteiger partial charge >= 0.3 is 40.2 Å². The SMILES string of the molecule is CC(C)CCCC(C)CCCC(C)CCCC(C)CCOCC(CO[C@@H]1OC(COC(=O)c2ccccc2)[C@@H](O[C@@H]2OC(COS(=O)(=O)O)[C@H](O)C(OC(=O)c3ccccc3)[C@@H]2OC(=O)c2ccccc2)C(OC(=O)c2ccccc2)[C@@H]1OC(=O)c1ccccc1)OCCC(C)CCCC(C)CCCC(C)CCCC(C)C. The molecule has 2 aliphatic heterocycles. The normalized spacial score (nSPS) is 21.9. The number of esters is 5. The predicted octanol–water partition coefficient (Wildman–Crippen LogP) is 18.1. The van der Waals surface area contributed by atoms with Crippen LogP contribution < -0.4 is 0 Å². The van der Waals surface area contributed by atoms with Crippen LogP contribution in [0.4, 0.5) is 0 Å². The molecule has 0 saturated carbocycles. The van der Waals surface area contributed by atoms with Crippen molar-refractivity contribution >= 4 is 40.2 Å². The number of hydrogen-bond donors (Lipinski definition) is 2. The molecule has 22 heteroatoms. The minimum absolute atomic E-state index is 0.0156. The van der Waals surface area contributed by atoms with Gasteiger partial charge in [-0.15, -0.1) is 0 Å². The van der Waals surface area contributed by atoms with Crippen molar-refractivity contribution in [2.45, 2.75) is 265 Å². The van der Waals surface area contributed by atoms with Crippen LogP contribution in [0.5, 0.6) is 0 Å². The quantitative estimate of drug-likeness (QED) is 0.0158. The van der Waals surface area contributed by atoms with E-state index in [0.717, 1.165) is 68.6 Å². The first-order valence-corrected chi connectivity index (χ1v) is 42.5. The molecule has 0 spiro atoms. The minimum atomic E-state index is -5.28. The number of benzene rings is 5. The van der Waals surface area contributed by atoms with Crippen molar-refractivity contribution in [2.75, 3.05) is 39.6 Å². The molecular formula is C90H128O21S. The standard InChI is InChI=1S/C90H128O21S/c1-62(2)32-26-34-64(5)36-28-38-66(7)40-30-42-68(9)54-56-100-58-75(101-57-55-69(10)43-31-41-67(8)39-29-37-65(6)35-27-33-63(3)4)59-103-89-83(110-88(96)74-52-24-15-25-53-74)81(108-86(94)72-48-20-13-21-49-72)79(77(106-89)60-102-84(92)70-44-16-11-17-45-70)111-90-82(109-87(95)73-50-22-14-23-51-73)80(107-85(93)71-46-18-12-19-47-71)78(91)76(105-90)61-104-112(97,98)99/h11-25,44-53,62-69,75-83,89-91H,26-43,54-61H2,1-10H3,(H,97,98,99)/t64?,65?,66?,67?,68?,69?,75?,76?,77?,78-,79+,80?,81?,82-,83-,89+,90-/m0/s1. The Morgan fingerprint density at radius 2 is 0.705 bits per heavy atom. The molecule has 2 N–H and O–H groups in total. The highest BCUT2D eigenvalue weighted by atomic mass is 32.3. The summed E-state index contributed by atoms with van der Waals surface area (Å²) in [5.41, 5.74) is 0.145. The second-order valence-electron chi connectivity index (χ2n) is 32.3. The second-order valence-corrected chi connectivity index (χ2v) is 33.4. The van der Waals surface area contributed by atoms with Gasteiger partial charge in [0.05, 0.1) is 47.6 Å². The van der Waals surface area contributed by atoms with Gasteiger partial charge in [0, 0.05) is 13.2 Å². The maximum atomic E-state index is 15.0. The van der Waals surface area contributed by atoms with E-state index in [2.05, 4.69) is 69.2 Å². The van der Waals surface area contributed by atoms with Crippen LogP contribution >= 0.6 is 0 Å². The highest BCUT2D eigenvalue weighted by molar-refractivity contribution is 7.80. The maximum absolute atomic E-state index is 15.0. The molecule has 5 aromatic rings. The average Bonchev–Trinajstić information content (AvgIpc) is 0.763. The molecule has 112 heavy (non-hydrogen) atoms. The molecule has 5 aromatic carbocycles. The Kier molecular flexibility index (Phi) is 40.9. The third-order valence-electron chi connectivity index (χ3n) is 21.3. The van der Waals surface area contributed by atoms with Crippen molar-refractivity contribution < 1.29 is 98.3 Å². The monoisotopic (exact) mass is 1580 g/mol. The van der Waals surface area contributed by atoms with E-state index in [0.29, 0.717) is 36.9 Å². The van der Waals surface area contributed by atoms with E-state index in [1.165, 1.54) is 144 Å². The number of carbonyl (C=O) groups excluding carboxylic acids is 5. The van der Waals surface area contributed by atoms with Gasteiger partial charge in [0.15, 0.2) is 37.0 Å².